The zero-order valence-electron chi connectivity index (χ0n) is 8.78. The molecule has 1 aliphatic rings. The van der Waals surface area contributed by atoms with Crippen molar-refractivity contribution in [2.24, 2.45) is 0 Å². The Bertz CT molecular complexity index is 381. The number of hydrogen-bond acceptors (Lipinski definition) is 4. The number of carboxylic acid groups (broad SMARTS) is 1. The van der Waals surface area contributed by atoms with Gasteiger partial charge < -0.3 is 10.0 Å². The van der Waals surface area contributed by atoms with Gasteiger partial charge in [0.25, 0.3) is 0 Å². The van der Waals surface area contributed by atoms with Crippen LogP contribution in [0.15, 0.2) is 12.4 Å². The van der Waals surface area contributed by atoms with Gasteiger partial charge in [-0.1, -0.05) is 5.21 Å². The van der Waals surface area contributed by atoms with E-state index in [1.54, 1.807) is 10.9 Å². The number of likely N-dealkylation sites (tertiary alicyclic amines) is 1. The molecule has 1 aliphatic heterocycles. The zero-order chi connectivity index (χ0) is 11.7. The van der Waals surface area contributed by atoms with Crippen LogP contribution in [0.5, 0.6) is 0 Å². The van der Waals surface area contributed by atoms with Crippen molar-refractivity contribution in [2.75, 3.05) is 6.54 Å². The summed E-state index contributed by atoms with van der Waals surface area (Å²) < 4.78 is 1.60. The molecule has 0 spiro atoms. The predicted molar refractivity (Wildman–Crippen MR) is 52.5 cm³/mol. The molecule has 2 atom stereocenters. The molecule has 0 bridgehead atoms. The minimum atomic E-state index is -0.974. The van der Waals surface area contributed by atoms with Gasteiger partial charge in [-0.05, 0) is 0 Å². The van der Waals surface area contributed by atoms with Gasteiger partial charge in [0, 0.05) is 26.1 Å². The number of rotatable bonds is 2. The summed E-state index contributed by atoms with van der Waals surface area (Å²) in [6, 6.07) is -0.862. The summed E-state index contributed by atoms with van der Waals surface area (Å²) in [4.78, 5) is 23.6. The molecule has 16 heavy (non-hydrogen) atoms. The van der Waals surface area contributed by atoms with E-state index in [2.05, 4.69) is 10.3 Å². The average molecular weight is 224 g/mol. The molecular formula is C9H12N4O3. The van der Waals surface area contributed by atoms with Gasteiger partial charge in [-0.2, -0.15) is 0 Å². The Balaban J connectivity index is 2.18. The number of carbonyl (C=O) groups excluding carboxylic acids is 1. The van der Waals surface area contributed by atoms with Gasteiger partial charge in [0.1, 0.15) is 6.04 Å². The maximum absolute atomic E-state index is 11.3. The van der Waals surface area contributed by atoms with Crippen molar-refractivity contribution in [1.29, 1.82) is 0 Å². The summed E-state index contributed by atoms with van der Waals surface area (Å²) in [5, 5.41) is 16.5. The lowest BCUT2D eigenvalue weighted by Gasteiger charge is -2.18. The van der Waals surface area contributed by atoms with E-state index in [4.69, 9.17) is 5.11 Å². The van der Waals surface area contributed by atoms with Gasteiger partial charge in [0.2, 0.25) is 5.91 Å². The van der Waals surface area contributed by atoms with Crippen LogP contribution in [0, 0.1) is 0 Å². The van der Waals surface area contributed by atoms with Crippen LogP contribution in [0.25, 0.3) is 0 Å². The van der Waals surface area contributed by atoms with Gasteiger partial charge in [-0.15, -0.1) is 5.10 Å². The number of amides is 1. The lowest BCUT2D eigenvalue weighted by Crippen LogP contribution is -2.39. The van der Waals surface area contributed by atoms with E-state index in [-0.39, 0.29) is 11.9 Å². The molecule has 86 valence electrons. The lowest BCUT2D eigenvalue weighted by atomic mass is 10.2. The van der Waals surface area contributed by atoms with Crippen LogP contribution < -0.4 is 0 Å². The van der Waals surface area contributed by atoms with Crippen molar-refractivity contribution in [3.05, 3.63) is 12.4 Å². The van der Waals surface area contributed by atoms with E-state index >= 15 is 0 Å². The number of carboxylic acids is 1. The van der Waals surface area contributed by atoms with E-state index in [1.807, 2.05) is 0 Å². The van der Waals surface area contributed by atoms with Crippen molar-refractivity contribution in [1.82, 2.24) is 19.9 Å². The number of carbonyl (C=O) groups is 2. The molecule has 7 nitrogen and oxygen atoms in total. The summed E-state index contributed by atoms with van der Waals surface area (Å²) >= 11 is 0. The first-order chi connectivity index (χ1) is 7.59. The second-order valence-electron chi connectivity index (χ2n) is 3.80. The number of nitrogens with zero attached hydrogens (tertiary/aromatic N) is 4. The Labute approximate surface area is 91.7 Å². The van der Waals surface area contributed by atoms with Gasteiger partial charge in [-0.3, -0.25) is 4.79 Å². The molecule has 2 heterocycles. The van der Waals surface area contributed by atoms with E-state index in [1.165, 1.54) is 18.0 Å². The Morgan fingerprint density at radius 1 is 1.50 bits per heavy atom. The third-order valence-electron chi connectivity index (χ3n) is 2.78. The maximum atomic E-state index is 11.3. The van der Waals surface area contributed by atoms with Crippen molar-refractivity contribution >= 4 is 11.9 Å². The normalized spacial score (nSPS) is 24.7. The Morgan fingerprint density at radius 2 is 2.25 bits per heavy atom. The quantitative estimate of drug-likeness (QED) is 0.733. The predicted octanol–water partition coefficient (Wildman–Crippen LogP) is -0.475. The Hall–Kier alpha value is -1.92. The molecule has 1 amide bonds. The average Bonchev–Trinajstić information content (AvgIpc) is 2.86. The first-order valence-electron chi connectivity index (χ1n) is 4.95. The summed E-state index contributed by atoms with van der Waals surface area (Å²) in [5.41, 5.74) is 0. The first kappa shape index (κ1) is 10.6. The molecule has 1 saturated heterocycles. The van der Waals surface area contributed by atoms with E-state index in [9.17, 15) is 9.59 Å². The summed E-state index contributed by atoms with van der Waals surface area (Å²) in [6.45, 7) is 1.75. The number of aromatic nitrogens is 3. The topological polar surface area (TPSA) is 88.3 Å². The van der Waals surface area contributed by atoms with E-state index < -0.39 is 12.0 Å². The van der Waals surface area contributed by atoms with E-state index in [0.29, 0.717) is 13.0 Å². The van der Waals surface area contributed by atoms with Crippen LogP contribution in [0.2, 0.25) is 0 Å². The minimum absolute atomic E-state index is 0.104. The molecule has 0 radical (unpaired) electrons. The fourth-order valence-electron chi connectivity index (χ4n) is 2.00. The van der Waals surface area contributed by atoms with Gasteiger partial charge in [0.05, 0.1) is 12.2 Å². The van der Waals surface area contributed by atoms with Crippen LogP contribution >= 0.6 is 0 Å². The summed E-state index contributed by atoms with van der Waals surface area (Å²) in [7, 11) is 0. The van der Waals surface area contributed by atoms with Crippen LogP contribution in [0.1, 0.15) is 19.4 Å². The molecule has 0 unspecified atom stereocenters. The fraction of sp³-hybridized carbons (Fsp3) is 0.556. The summed E-state index contributed by atoms with van der Waals surface area (Å²) in [6.07, 6.45) is 3.58. The molecular weight excluding hydrogens is 212 g/mol. The van der Waals surface area contributed by atoms with Crippen LogP contribution in [0.3, 0.4) is 0 Å². The second kappa shape index (κ2) is 3.92. The Kier molecular flexibility index (Phi) is 2.59. The largest absolute Gasteiger partial charge is 0.480 e. The van der Waals surface area contributed by atoms with Crippen LogP contribution in [0.4, 0.5) is 0 Å². The molecule has 1 aromatic heterocycles. The van der Waals surface area contributed by atoms with Gasteiger partial charge in [-0.25, -0.2) is 9.48 Å². The molecule has 7 heteroatoms. The molecule has 0 aromatic carbocycles. The SMILES string of the molecule is CC(=O)N1C[C@@H](n2ccnn2)C[C@H]1C(=O)O. The molecule has 1 N–H and O–H groups in total. The van der Waals surface area contributed by atoms with Crippen molar-refractivity contribution in [3.8, 4) is 0 Å². The second-order valence-corrected chi connectivity index (χ2v) is 3.80. The van der Waals surface area contributed by atoms with Crippen molar-refractivity contribution in [2.45, 2.75) is 25.4 Å². The zero-order valence-corrected chi connectivity index (χ0v) is 8.78. The standard InChI is InChI=1S/C9H12N4O3/c1-6(14)12-5-7(4-8(12)9(15)16)13-3-2-10-11-13/h2-3,7-8H,4-5H2,1H3,(H,15,16)/t7-,8-/m0/s1. The highest BCUT2D eigenvalue weighted by molar-refractivity contribution is 5.83. The highest BCUT2D eigenvalue weighted by Crippen LogP contribution is 2.26. The number of aliphatic carboxylic acids is 1. The van der Waals surface area contributed by atoms with Crippen molar-refractivity contribution in [3.63, 3.8) is 0 Å². The monoisotopic (exact) mass is 224 g/mol. The van der Waals surface area contributed by atoms with E-state index in [0.717, 1.165) is 0 Å². The molecule has 2 rings (SSSR count). The third kappa shape index (κ3) is 1.75. The lowest BCUT2D eigenvalue weighted by molar-refractivity contribution is -0.147. The molecule has 0 aliphatic carbocycles. The Morgan fingerprint density at radius 3 is 2.69 bits per heavy atom. The molecule has 0 saturated carbocycles. The molecule has 1 fully saturated rings. The van der Waals surface area contributed by atoms with Crippen molar-refractivity contribution < 1.29 is 14.7 Å². The van der Waals surface area contributed by atoms with Gasteiger partial charge >= 0.3 is 5.97 Å². The molecule has 1 aromatic rings. The van der Waals surface area contributed by atoms with Crippen LogP contribution in [-0.2, 0) is 9.59 Å². The smallest absolute Gasteiger partial charge is 0.326 e. The minimum Gasteiger partial charge on any atom is -0.480 e. The fourth-order valence-corrected chi connectivity index (χ4v) is 2.00. The first-order valence-corrected chi connectivity index (χ1v) is 4.95. The third-order valence-corrected chi connectivity index (χ3v) is 2.78. The van der Waals surface area contributed by atoms with Crippen LogP contribution in [-0.4, -0.2) is 49.5 Å². The highest BCUT2D eigenvalue weighted by Gasteiger charge is 2.39. The number of hydrogen-bond donors (Lipinski definition) is 1. The maximum Gasteiger partial charge on any atom is 0.326 e. The highest BCUT2D eigenvalue weighted by atomic mass is 16.4. The van der Waals surface area contributed by atoms with Gasteiger partial charge in [0.15, 0.2) is 0 Å². The summed E-state index contributed by atoms with van der Waals surface area (Å²) in [5.74, 6) is -1.20.